The molecular weight excluding hydrogens is 283 g/mol. The summed E-state index contributed by atoms with van der Waals surface area (Å²) in [5.41, 5.74) is 0.560. The van der Waals surface area contributed by atoms with E-state index in [1.54, 1.807) is 0 Å². The van der Waals surface area contributed by atoms with Crippen LogP contribution in [0.1, 0.15) is 5.56 Å². The molecule has 0 aliphatic carbocycles. The quantitative estimate of drug-likeness (QED) is 0.428. The number of halogens is 4. The van der Waals surface area contributed by atoms with Gasteiger partial charge in [0.05, 0.1) is 0 Å². The summed E-state index contributed by atoms with van der Waals surface area (Å²) in [7, 11) is 0. The number of hydrogen-bond donors (Lipinski definition) is 0. The topological polar surface area (TPSA) is 49.4 Å². The molecule has 1 aromatic carbocycles. The van der Waals surface area contributed by atoms with E-state index in [9.17, 15) is 26.3 Å². The van der Waals surface area contributed by atoms with Crippen molar-refractivity contribution in [2.24, 2.45) is 0 Å². The fourth-order valence-electron chi connectivity index (χ4n) is 0.976. The molecule has 0 radical (unpaired) electrons. The summed E-state index contributed by atoms with van der Waals surface area (Å²) in [5, 5.41) is -5.32. The monoisotopic (exact) mass is 290 g/mol. The van der Waals surface area contributed by atoms with Crippen molar-refractivity contribution in [1.29, 1.82) is 0 Å². The molecule has 1 unspecified atom stereocenters. The molecular formula is C10H7F4LiO3S. The van der Waals surface area contributed by atoms with Crippen LogP contribution in [0.4, 0.5) is 17.6 Å². The van der Waals surface area contributed by atoms with Gasteiger partial charge in [0, 0.05) is 11.1 Å². The maximum Gasteiger partial charge on any atom is 1.00 e. The van der Waals surface area contributed by atoms with Crippen LogP contribution in [-0.4, -0.2) is 20.1 Å². The number of alkyl halides is 4. The minimum atomic E-state index is -5.32. The zero-order valence-electron chi connectivity index (χ0n) is 9.74. The zero-order valence-corrected chi connectivity index (χ0v) is 10.6. The molecule has 0 aromatic heterocycles. The van der Waals surface area contributed by atoms with Crippen LogP contribution in [-0.2, 0) is 11.1 Å². The summed E-state index contributed by atoms with van der Waals surface area (Å²) >= 11 is -4.30. The van der Waals surface area contributed by atoms with Gasteiger partial charge >= 0.3 is 30.2 Å². The first-order valence-corrected chi connectivity index (χ1v) is 5.54. The molecule has 9 heteroatoms. The van der Waals surface area contributed by atoms with Gasteiger partial charge in [-0.3, -0.25) is 4.21 Å². The van der Waals surface area contributed by atoms with Crippen molar-refractivity contribution in [3.8, 4) is 5.75 Å². The second-order valence-corrected chi connectivity index (χ2v) is 4.13. The van der Waals surface area contributed by atoms with E-state index >= 15 is 0 Å². The van der Waals surface area contributed by atoms with Gasteiger partial charge in [0.15, 0.2) is 0 Å². The molecule has 100 valence electrons. The second kappa shape index (κ2) is 6.57. The Kier molecular flexibility index (Phi) is 6.29. The Morgan fingerprint density at radius 3 is 2.05 bits per heavy atom. The van der Waals surface area contributed by atoms with Crippen molar-refractivity contribution in [1.82, 2.24) is 0 Å². The van der Waals surface area contributed by atoms with Crippen LogP contribution in [0.3, 0.4) is 0 Å². The fourth-order valence-corrected chi connectivity index (χ4v) is 1.21. The van der Waals surface area contributed by atoms with Crippen LogP contribution in [0.15, 0.2) is 30.8 Å². The van der Waals surface area contributed by atoms with Crippen LogP contribution in [0.2, 0.25) is 0 Å². The molecule has 0 aliphatic heterocycles. The van der Waals surface area contributed by atoms with Crippen molar-refractivity contribution in [2.45, 2.75) is 11.4 Å². The van der Waals surface area contributed by atoms with Gasteiger partial charge in [-0.15, -0.1) is 0 Å². The number of ether oxygens (including phenoxy) is 1. The van der Waals surface area contributed by atoms with Gasteiger partial charge in [-0.05, 0) is 17.7 Å². The van der Waals surface area contributed by atoms with Gasteiger partial charge < -0.3 is 9.29 Å². The van der Waals surface area contributed by atoms with Crippen molar-refractivity contribution in [3.63, 3.8) is 0 Å². The molecule has 0 heterocycles. The predicted molar refractivity (Wildman–Crippen MR) is 56.0 cm³/mol. The molecule has 0 aliphatic rings. The summed E-state index contributed by atoms with van der Waals surface area (Å²) in [6.07, 6.45) is -3.75. The van der Waals surface area contributed by atoms with Crippen LogP contribution in [0.5, 0.6) is 5.75 Å². The second-order valence-electron chi connectivity index (χ2n) is 3.14. The molecule has 0 bridgehead atoms. The molecule has 1 aromatic rings. The standard InChI is InChI=1S/C10H8F4O3S.Li/c1-2-7-3-5-8(6-4-7)17-9(11,12)10(13,14)18(15)16;/h2-6H,1H2,(H,15,16);/q;+1/p-1. The van der Waals surface area contributed by atoms with E-state index < -0.39 is 28.2 Å². The van der Waals surface area contributed by atoms with Crippen LogP contribution < -0.4 is 23.6 Å². The molecule has 0 saturated carbocycles. The Labute approximate surface area is 121 Å². The SMILES string of the molecule is C=Cc1ccc(OC(F)(F)C(F)(F)S(=O)[O-])cc1.[Li+]. The van der Waals surface area contributed by atoms with E-state index in [0.717, 1.165) is 12.1 Å². The molecule has 1 atom stereocenters. The average Bonchev–Trinajstić information content (AvgIpc) is 2.29. The molecule has 3 nitrogen and oxygen atoms in total. The van der Waals surface area contributed by atoms with Gasteiger partial charge in [-0.25, -0.2) is 0 Å². The number of benzene rings is 1. The van der Waals surface area contributed by atoms with Crippen LogP contribution >= 0.6 is 0 Å². The minimum absolute atomic E-state index is 0. The first kappa shape index (κ1) is 18.2. The van der Waals surface area contributed by atoms with Gasteiger partial charge in [-0.1, -0.05) is 24.8 Å². The summed E-state index contributed by atoms with van der Waals surface area (Å²) < 4.78 is 75.0. The summed E-state index contributed by atoms with van der Waals surface area (Å²) in [6.45, 7) is 3.41. The van der Waals surface area contributed by atoms with Crippen molar-refractivity contribution in [3.05, 3.63) is 36.4 Å². The molecule has 0 spiro atoms. The third kappa shape index (κ3) is 4.08. The minimum Gasteiger partial charge on any atom is -0.768 e. The summed E-state index contributed by atoms with van der Waals surface area (Å²) in [5.74, 6) is -0.587. The third-order valence-electron chi connectivity index (χ3n) is 1.91. The zero-order chi connectivity index (χ0) is 14.0. The van der Waals surface area contributed by atoms with Gasteiger partial charge in [0.1, 0.15) is 5.75 Å². The third-order valence-corrected chi connectivity index (χ3v) is 2.57. The average molecular weight is 290 g/mol. The Hall–Kier alpha value is -0.813. The molecule has 0 N–H and O–H groups in total. The van der Waals surface area contributed by atoms with Gasteiger partial charge in [0.25, 0.3) is 0 Å². The number of rotatable bonds is 5. The largest absolute Gasteiger partial charge is 1.00 e. The van der Waals surface area contributed by atoms with Crippen LogP contribution in [0, 0.1) is 0 Å². The van der Waals surface area contributed by atoms with E-state index in [1.165, 1.54) is 18.2 Å². The smallest absolute Gasteiger partial charge is 0.768 e. The van der Waals surface area contributed by atoms with Crippen molar-refractivity contribution >= 4 is 17.2 Å². The fraction of sp³-hybridized carbons (Fsp3) is 0.200. The first-order valence-electron chi connectivity index (χ1n) is 4.47. The van der Waals surface area contributed by atoms with E-state index in [1.807, 2.05) is 0 Å². The van der Waals surface area contributed by atoms with E-state index in [-0.39, 0.29) is 18.9 Å². The number of hydrogen-bond acceptors (Lipinski definition) is 3. The van der Waals surface area contributed by atoms with Gasteiger partial charge in [-0.2, -0.15) is 17.6 Å². The first-order chi connectivity index (χ1) is 8.20. The molecule has 19 heavy (non-hydrogen) atoms. The normalized spacial score (nSPS) is 13.3. The van der Waals surface area contributed by atoms with E-state index in [0.29, 0.717) is 5.56 Å². The maximum atomic E-state index is 12.9. The Balaban J connectivity index is 0.00000324. The predicted octanol–water partition coefficient (Wildman–Crippen LogP) is -0.223. The van der Waals surface area contributed by atoms with Crippen molar-refractivity contribution in [2.75, 3.05) is 0 Å². The van der Waals surface area contributed by atoms with Crippen molar-refractivity contribution < 1.29 is 49.9 Å². The summed E-state index contributed by atoms with van der Waals surface area (Å²) in [6, 6.07) is 4.58. The maximum absolute atomic E-state index is 12.9. The Morgan fingerprint density at radius 1 is 1.21 bits per heavy atom. The Bertz CT molecular complexity index is 464. The molecule has 0 fully saturated rings. The summed E-state index contributed by atoms with van der Waals surface area (Å²) in [4.78, 5) is 0. The molecule has 1 rings (SSSR count). The molecule has 0 saturated heterocycles. The van der Waals surface area contributed by atoms with Gasteiger partial charge in [0.2, 0.25) is 0 Å². The van der Waals surface area contributed by atoms with Crippen LogP contribution in [0.25, 0.3) is 6.08 Å². The molecule has 0 amide bonds. The Morgan fingerprint density at radius 2 is 1.68 bits per heavy atom. The van der Waals surface area contributed by atoms with E-state index in [2.05, 4.69) is 11.3 Å². The van der Waals surface area contributed by atoms with E-state index in [4.69, 9.17) is 0 Å².